The molecule has 0 saturated carbocycles. The Bertz CT molecular complexity index is 940. The number of hydrogen-bond acceptors (Lipinski definition) is 4. The van der Waals surface area contributed by atoms with E-state index >= 15 is 0 Å². The lowest BCUT2D eigenvalue weighted by atomic mass is 10.1. The quantitative estimate of drug-likeness (QED) is 0.721. The molecule has 132 valence electrons. The predicted octanol–water partition coefficient (Wildman–Crippen LogP) is 4.09. The van der Waals surface area contributed by atoms with Crippen molar-refractivity contribution in [3.63, 3.8) is 0 Å². The normalized spacial score (nSPS) is 14.5. The molecule has 2 heterocycles. The zero-order chi connectivity index (χ0) is 17.9. The lowest BCUT2D eigenvalue weighted by Crippen LogP contribution is -2.24. The number of furan rings is 1. The van der Waals surface area contributed by atoms with E-state index in [2.05, 4.69) is 5.32 Å². The van der Waals surface area contributed by atoms with Crippen LogP contribution in [0.15, 0.2) is 59.0 Å². The molecule has 26 heavy (non-hydrogen) atoms. The van der Waals surface area contributed by atoms with Crippen LogP contribution in [0.25, 0.3) is 17.0 Å². The van der Waals surface area contributed by atoms with Crippen molar-refractivity contribution in [3.8, 4) is 11.5 Å². The average molecular weight is 349 g/mol. The average Bonchev–Trinajstić information content (AvgIpc) is 3.10. The third-order valence-electron chi connectivity index (χ3n) is 4.22. The molecule has 0 bridgehead atoms. The topological polar surface area (TPSA) is 60.7 Å². The second kappa shape index (κ2) is 6.96. The van der Waals surface area contributed by atoms with Gasteiger partial charge in [0, 0.05) is 11.5 Å². The van der Waals surface area contributed by atoms with Crippen molar-refractivity contribution in [2.24, 2.45) is 0 Å². The van der Waals surface area contributed by atoms with Crippen LogP contribution in [0.3, 0.4) is 0 Å². The molecule has 1 aromatic heterocycles. The third-order valence-corrected chi connectivity index (χ3v) is 4.22. The first-order valence-electron chi connectivity index (χ1n) is 8.56. The van der Waals surface area contributed by atoms with E-state index < -0.39 is 0 Å². The Labute approximate surface area is 151 Å². The summed E-state index contributed by atoms with van der Waals surface area (Å²) in [7, 11) is 0. The molecule has 0 saturated heterocycles. The predicted molar refractivity (Wildman–Crippen MR) is 99.2 cm³/mol. The van der Waals surface area contributed by atoms with Gasteiger partial charge in [-0.2, -0.15) is 0 Å². The zero-order valence-electron chi connectivity index (χ0n) is 14.4. The van der Waals surface area contributed by atoms with Gasteiger partial charge in [0.05, 0.1) is 6.04 Å². The largest absolute Gasteiger partial charge is 0.486 e. The van der Waals surface area contributed by atoms with Crippen molar-refractivity contribution >= 4 is 23.0 Å². The van der Waals surface area contributed by atoms with Crippen LogP contribution in [0.2, 0.25) is 0 Å². The van der Waals surface area contributed by atoms with E-state index in [1.165, 1.54) is 6.08 Å². The molecule has 0 unspecified atom stereocenters. The molecule has 0 aliphatic carbocycles. The Morgan fingerprint density at radius 2 is 1.88 bits per heavy atom. The van der Waals surface area contributed by atoms with Crippen LogP contribution in [0.1, 0.15) is 24.3 Å². The minimum atomic E-state index is -0.222. The highest BCUT2D eigenvalue weighted by Gasteiger charge is 2.13. The first-order chi connectivity index (χ1) is 12.7. The van der Waals surface area contributed by atoms with Gasteiger partial charge in [0.2, 0.25) is 5.91 Å². The number of hydrogen-bond donors (Lipinski definition) is 1. The number of carbonyl (C=O) groups excluding carboxylic acids is 1. The standard InChI is InChI=1S/C21H19NO4/c1-14(19-13-16-4-2-3-5-17(16)26-19)22-21(23)9-7-15-6-8-18-20(12-15)25-11-10-24-18/h2-9,12-14H,10-11H2,1H3,(H,22,23)/b9-7+/t14-/m1/s1. The van der Waals surface area contributed by atoms with Crippen LogP contribution in [0.5, 0.6) is 11.5 Å². The molecule has 0 fully saturated rings. The highest BCUT2D eigenvalue weighted by atomic mass is 16.6. The fraction of sp³-hybridized carbons (Fsp3) is 0.190. The summed E-state index contributed by atoms with van der Waals surface area (Å²) in [5, 5.41) is 3.94. The van der Waals surface area contributed by atoms with Crippen LogP contribution in [0, 0.1) is 0 Å². The Morgan fingerprint density at radius 3 is 2.73 bits per heavy atom. The van der Waals surface area contributed by atoms with E-state index in [9.17, 15) is 4.79 Å². The van der Waals surface area contributed by atoms with Crippen LogP contribution in [-0.4, -0.2) is 19.1 Å². The highest BCUT2D eigenvalue weighted by molar-refractivity contribution is 5.92. The monoisotopic (exact) mass is 349 g/mol. The number of rotatable bonds is 4. The van der Waals surface area contributed by atoms with E-state index in [-0.39, 0.29) is 11.9 Å². The Morgan fingerprint density at radius 1 is 1.08 bits per heavy atom. The van der Waals surface area contributed by atoms with Gasteiger partial charge in [-0.15, -0.1) is 0 Å². The van der Waals surface area contributed by atoms with Gasteiger partial charge in [-0.05, 0) is 42.8 Å². The summed E-state index contributed by atoms with van der Waals surface area (Å²) in [5.41, 5.74) is 1.69. The lowest BCUT2D eigenvalue weighted by Gasteiger charge is -2.18. The number of fused-ring (bicyclic) bond motifs is 2. The Hall–Kier alpha value is -3.21. The molecule has 2 aromatic carbocycles. The van der Waals surface area contributed by atoms with Gasteiger partial charge in [0.25, 0.3) is 0 Å². The van der Waals surface area contributed by atoms with Gasteiger partial charge in [0.15, 0.2) is 11.5 Å². The second-order valence-electron chi connectivity index (χ2n) is 6.15. The lowest BCUT2D eigenvalue weighted by molar-refractivity contribution is -0.117. The third kappa shape index (κ3) is 3.42. The van der Waals surface area contributed by atoms with Crippen molar-refractivity contribution in [2.45, 2.75) is 13.0 Å². The smallest absolute Gasteiger partial charge is 0.244 e. The minimum absolute atomic E-state index is 0.187. The van der Waals surface area contributed by atoms with Gasteiger partial charge in [-0.25, -0.2) is 0 Å². The highest BCUT2D eigenvalue weighted by Crippen LogP contribution is 2.31. The van der Waals surface area contributed by atoms with Crippen molar-refractivity contribution in [2.75, 3.05) is 13.2 Å². The van der Waals surface area contributed by atoms with Gasteiger partial charge in [-0.1, -0.05) is 24.3 Å². The van der Waals surface area contributed by atoms with Crippen molar-refractivity contribution in [3.05, 3.63) is 65.9 Å². The maximum Gasteiger partial charge on any atom is 0.244 e. The number of para-hydroxylation sites is 1. The molecule has 1 atom stereocenters. The van der Waals surface area contributed by atoms with Gasteiger partial charge in [-0.3, -0.25) is 4.79 Å². The maximum atomic E-state index is 12.2. The molecular weight excluding hydrogens is 330 g/mol. The number of benzene rings is 2. The molecular formula is C21H19NO4. The van der Waals surface area contributed by atoms with Gasteiger partial charge < -0.3 is 19.2 Å². The van der Waals surface area contributed by atoms with Crippen molar-refractivity contribution in [1.82, 2.24) is 5.32 Å². The number of nitrogens with one attached hydrogen (secondary N) is 1. The summed E-state index contributed by atoms with van der Waals surface area (Å²) in [6.45, 7) is 2.99. The Balaban J connectivity index is 1.42. The summed E-state index contributed by atoms with van der Waals surface area (Å²) in [4.78, 5) is 12.2. The van der Waals surface area contributed by atoms with Gasteiger partial charge in [0.1, 0.15) is 24.6 Å². The SMILES string of the molecule is C[C@@H](NC(=O)/C=C/c1ccc2c(c1)OCCO2)c1cc2ccccc2o1. The molecule has 1 aliphatic rings. The van der Waals surface area contributed by atoms with E-state index in [4.69, 9.17) is 13.9 Å². The van der Waals surface area contributed by atoms with Crippen LogP contribution >= 0.6 is 0 Å². The molecule has 4 rings (SSSR count). The molecule has 5 nitrogen and oxygen atoms in total. The van der Waals surface area contributed by atoms with Crippen molar-refractivity contribution < 1.29 is 18.7 Å². The van der Waals surface area contributed by atoms with Crippen molar-refractivity contribution in [1.29, 1.82) is 0 Å². The summed E-state index contributed by atoms with van der Waals surface area (Å²) >= 11 is 0. The Kier molecular flexibility index (Phi) is 4.35. The fourth-order valence-corrected chi connectivity index (χ4v) is 2.88. The first-order valence-corrected chi connectivity index (χ1v) is 8.56. The van der Waals surface area contributed by atoms with Crippen LogP contribution < -0.4 is 14.8 Å². The van der Waals surface area contributed by atoms with Gasteiger partial charge >= 0.3 is 0 Å². The zero-order valence-corrected chi connectivity index (χ0v) is 14.4. The van der Waals surface area contributed by atoms with E-state index in [0.29, 0.717) is 19.0 Å². The molecule has 1 N–H and O–H groups in total. The molecule has 1 amide bonds. The van der Waals surface area contributed by atoms with Crippen LogP contribution in [0.4, 0.5) is 0 Å². The molecule has 0 radical (unpaired) electrons. The number of ether oxygens (including phenoxy) is 2. The van der Waals surface area contributed by atoms with E-state index in [0.717, 1.165) is 28.0 Å². The molecule has 1 aliphatic heterocycles. The molecule has 0 spiro atoms. The summed E-state index contributed by atoms with van der Waals surface area (Å²) < 4.78 is 16.8. The molecule has 3 aromatic rings. The van der Waals surface area contributed by atoms with Crippen LogP contribution in [-0.2, 0) is 4.79 Å². The number of amides is 1. The summed E-state index contributed by atoms with van der Waals surface area (Å²) in [6.07, 6.45) is 3.25. The van der Waals surface area contributed by atoms with E-state index in [1.54, 1.807) is 6.08 Å². The minimum Gasteiger partial charge on any atom is -0.486 e. The first kappa shape index (κ1) is 16.3. The summed E-state index contributed by atoms with van der Waals surface area (Å²) in [5.74, 6) is 1.98. The number of carbonyl (C=O) groups is 1. The fourth-order valence-electron chi connectivity index (χ4n) is 2.88. The molecule has 5 heteroatoms. The summed E-state index contributed by atoms with van der Waals surface area (Å²) in [6, 6.07) is 15.1. The second-order valence-corrected chi connectivity index (χ2v) is 6.15. The maximum absolute atomic E-state index is 12.2. The van der Waals surface area contributed by atoms with E-state index in [1.807, 2.05) is 55.5 Å².